The molecule has 3 rings (SSSR count). The molecule has 0 bridgehead atoms. The van der Waals surface area contributed by atoms with E-state index in [1.165, 1.54) is 17.5 Å². The van der Waals surface area contributed by atoms with Crippen LogP contribution in [0.25, 0.3) is 0 Å². The zero-order chi connectivity index (χ0) is 15.4. The highest BCUT2D eigenvalue weighted by Crippen LogP contribution is 2.31. The fourth-order valence-corrected chi connectivity index (χ4v) is 3.60. The molecule has 0 aliphatic carbocycles. The van der Waals surface area contributed by atoms with Crippen LogP contribution in [0.2, 0.25) is 5.02 Å². The summed E-state index contributed by atoms with van der Waals surface area (Å²) in [6.45, 7) is 4.30. The zero-order valence-corrected chi connectivity index (χ0v) is 14.8. The third-order valence-electron chi connectivity index (χ3n) is 4.09. The Bertz CT molecular complexity index is 607. The fraction of sp³-hybridized carbons (Fsp3) is 0.333. The van der Waals surface area contributed by atoms with Gasteiger partial charge in [-0.3, -0.25) is 4.90 Å². The third-order valence-corrected chi connectivity index (χ3v) is 4.84. The predicted octanol–water partition coefficient (Wildman–Crippen LogP) is 4.49. The molecule has 1 fully saturated rings. The van der Waals surface area contributed by atoms with Crippen molar-refractivity contribution in [2.24, 2.45) is 0 Å². The van der Waals surface area contributed by atoms with Crippen LogP contribution in [0.3, 0.4) is 0 Å². The van der Waals surface area contributed by atoms with Gasteiger partial charge >= 0.3 is 0 Å². The summed E-state index contributed by atoms with van der Waals surface area (Å²) in [5.41, 5.74) is 2.61. The summed E-state index contributed by atoms with van der Waals surface area (Å²) < 4.78 is 1.12. The Morgan fingerprint density at radius 2 is 1.82 bits per heavy atom. The predicted molar refractivity (Wildman–Crippen MR) is 96.5 cm³/mol. The molecule has 0 spiro atoms. The smallest absolute Gasteiger partial charge is 0.0602 e. The number of hydrogen-bond acceptors (Lipinski definition) is 2. The first-order valence-corrected chi connectivity index (χ1v) is 8.87. The van der Waals surface area contributed by atoms with Crippen molar-refractivity contribution >= 4 is 27.5 Å². The van der Waals surface area contributed by atoms with Crippen molar-refractivity contribution in [2.45, 2.75) is 12.5 Å². The van der Waals surface area contributed by atoms with E-state index in [1.54, 1.807) is 0 Å². The molecular formula is C18H20BrClN2. The highest BCUT2D eigenvalue weighted by Gasteiger charge is 2.23. The number of hydrogen-bond donors (Lipinski definition) is 1. The summed E-state index contributed by atoms with van der Waals surface area (Å²) in [5, 5.41) is 4.27. The first-order chi connectivity index (χ1) is 10.7. The van der Waals surface area contributed by atoms with Crippen LogP contribution in [-0.2, 0) is 0 Å². The van der Waals surface area contributed by atoms with E-state index in [2.05, 4.69) is 62.5 Å². The maximum Gasteiger partial charge on any atom is 0.0602 e. The summed E-state index contributed by atoms with van der Waals surface area (Å²) >= 11 is 9.67. The normalized spacial score (nSPS) is 17.9. The standard InChI is InChI=1S/C18H20BrClN2/c19-16-4-1-3-15(13-16)18(14-5-7-17(20)8-6-14)22-11-2-9-21-10-12-22/h1,3-8,13,18,21H,2,9-12H2. The number of nitrogens with zero attached hydrogens (tertiary/aromatic N) is 1. The summed E-state index contributed by atoms with van der Waals surface area (Å²) in [7, 11) is 0. The lowest BCUT2D eigenvalue weighted by molar-refractivity contribution is 0.241. The first kappa shape index (κ1) is 16.0. The third kappa shape index (κ3) is 3.90. The van der Waals surface area contributed by atoms with Crippen molar-refractivity contribution in [1.82, 2.24) is 10.2 Å². The quantitative estimate of drug-likeness (QED) is 0.845. The molecule has 2 aromatic carbocycles. The van der Waals surface area contributed by atoms with E-state index in [9.17, 15) is 0 Å². The molecule has 1 aliphatic heterocycles. The van der Waals surface area contributed by atoms with E-state index < -0.39 is 0 Å². The van der Waals surface area contributed by atoms with Crippen molar-refractivity contribution in [3.8, 4) is 0 Å². The fourth-order valence-electron chi connectivity index (χ4n) is 3.06. The van der Waals surface area contributed by atoms with Crippen LogP contribution in [0, 0.1) is 0 Å². The average Bonchev–Trinajstić information content (AvgIpc) is 2.79. The molecule has 1 N–H and O–H groups in total. The minimum absolute atomic E-state index is 0.273. The van der Waals surface area contributed by atoms with Gasteiger partial charge in [-0.25, -0.2) is 0 Å². The molecule has 2 aromatic rings. The summed E-state index contributed by atoms with van der Waals surface area (Å²) in [4.78, 5) is 2.56. The Morgan fingerprint density at radius 3 is 2.59 bits per heavy atom. The Hall–Kier alpha value is -0.870. The van der Waals surface area contributed by atoms with Gasteiger partial charge in [-0.15, -0.1) is 0 Å². The minimum Gasteiger partial charge on any atom is -0.315 e. The van der Waals surface area contributed by atoms with E-state index in [0.29, 0.717) is 0 Å². The lowest BCUT2D eigenvalue weighted by Crippen LogP contribution is -2.33. The SMILES string of the molecule is Clc1ccc(C(c2cccc(Br)c2)N2CCCNCC2)cc1. The van der Waals surface area contributed by atoms with Crippen molar-refractivity contribution in [1.29, 1.82) is 0 Å². The molecule has 2 nitrogen and oxygen atoms in total. The van der Waals surface area contributed by atoms with Crippen LogP contribution in [0.5, 0.6) is 0 Å². The number of halogens is 2. The molecule has 116 valence electrons. The molecule has 1 atom stereocenters. The van der Waals surface area contributed by atoms with Crippen LogP contribution < -0.4 is 5.32 Å². The highest BCUT2D eigenvalue weighted by molar-refractivity contribution is 9.10. The second kappa shape index (κ2) is 7.60. The van der Waals surface area contributed by atoms with E-state index in [1.807, 2.05) is 12.1 Å². The van der Waals surface area contributed by atoms with Gasteiger partial charge in [0.2, 0.25) is 0 Å². The van der Waals surface area contributed by atoms with E-state index in [0.717, 1.165) is 35.7 Å². The molecule has 1 saturated heterocycles. The number of rotatable bonds is 3. The Balaban J connectivity index is 1.99. The van der Waals surface area contributed by atoms with Gasteiger partial charge in [-0.2, -0.15) is 0 Å². The second-order valence-electron chi connectivity index (χ2n) is 5.65. The Kier molecular flexibility index (Phi) is 5.53. The van der Waals surface area contributed by atoms with Crippen LogP contribution in [0.4, 0.5) is 0 Å². The van der Waals surface area contributed by atoms with Gasteiger partial charge < -0.3 is 5.32 Å². The molecule has 1 unspecified atom stereocenters. The lowest BCUT2D eigenvalue weighted by Gasteiger charge is -2.31. The number of benzene rings is 2. The van der Waals surface area contributed by atoms with Crippen LogP contribution in [-0.4, -0.2) is 31.1 Å². The largest absolute Gasteiger partial charge is 0.315 e. The van der Waals surface area contributed by atoms with Crippen molar-refractivity contribution in [3.05, 3.63) is 69.2 Å². The average molecular weight is 380 g/mol. The monoisotopic (exact) mass is 378 g/mol. The lowest BCUT2D eigenvalue weighted by atomic mass is 9.97. The molecule has 0 radical (unpaired) electrons. The van der Waals surface area contributed by atoms with Gasteiger partial charge in [0.25, 0.3) is 0 Å². The molecule has 0 amide bonds. The van der Waals surface area contributed by atoms with Gasteiger partial charge in [-0.1, -0.05) is 51.8 Å². The summed E-state index contributed by atoms with van der Waals surface area (Å²) in [5.74, 6) is 0. The highest BCUT2D eigenvalue weighted by atomic mass is 79.9. The van der Waals surface area contributed by atoms with Gasteiger partial charge in [0, 0.05) is 29.1 Å². The second-order valence-corrected chi connectivity index (χ2v) is 7.00. The van der Waals surface area contributed by atoms with Crippen molar-refractivity contribution in [3.63, 3.8) is 0 Å². The maximum atomic E-state index is 6.07. The zero-order valence-electron chi connectivity index (χ0n) is 12.4. The topological polar surface area (TPSA) is 15.3 Å². The van der Waals surface area contributed by atoms with E-state index >= 15 is 0 Å². The van der Waals surface area contributed by atoms with E-state index in [-0.39, 0.29) is 6.04 Å². The molecule has 1 aliphatic rings. The maximum absolute atomic E-state index is 6.07. The summed E-state index contributed by atoms with van der Waals surface area (Å²) in [6, 6.07) is 17.1. The van der Waals surface area contributed by atoms with Gasteiger partial charge in [0.1, 0.15) is 0 Å². The molecule has 0 saturated carbocycles. The molecule has 0 aromatic heterocycles. The van der Waals surface area contributed by atoms with Gasteiger partial charge in [0.15, 0.2) is 0 Å². The van der Waals surface area contributed by atoms with E-state index in [4.69, 9.17) is 11.6 Å². The first-order valence-electron chi connectivity index (χ1n) is 7.70. The van der Waals surface area contributed by atoms with Crippen molar-refractivity contribution < 1.29 is 0 Å². The van der Waals surface area contributed by atoms with Crippen molar-refractivity contribution in [2.75, 3.05) is 26.2 Å². The minimum atomic E-state index is 0.273. The van der Waals surface area contributed by atoms with Crippen LogP contribution in [0.1, 0.15) is 23.6 Å². The molecule has 22 heavy (non-hydrogen) atoms. The number of nitrogens with one attached hydrogen (secondary N) is 1. The summed E-state index contributed by atoms with van der Waals surface area (Å²) in [6.07, 6.45) is 1.18. The Morgan fingerprint density at radius 1 is 1.00 bits per heavy atom. The van der Waals surface area contributed by atoms with Gasteiger partial charge in [0.05, 0.1) is 6.04 Å². The molecule has 4 heteroatoms. The molecular weight excluding hydrogens is 360 g/mol. The van der Waals surface area contributed by atoms with Crippen LogP contribution >= 0.6 is 27.5 Å². The molecule has 1 heterocycles. The Labute approximate surface area is 145 Å². The van der Waals surface area contributed by atoms with Gasteiger partial charge in [-0.05, 0) is 48.4 Å². The van der Waals surface area contributed by atoms with Crippen LogP contribution in [0.15, 0.2) is 53.0 Å².